The van der Waals surface area contributed by atoms with Crippen LogP contribution in [0.1, 0.15) is 31.3 Å². The number of rotatable bonds is 2. The lowest BCUT2D eigenvalue weighted by Crippen LogP contribution is -2.12. The minimum absolute atomic E-state index is 0.255. The Morgan fingerprint density at radius 2 is 2.05 bits per heavy atom. The van der Waals surface area contributed by atoms with Gasteiger partial charge in [0.05, 0.1) is 27.7 Å². The predicted octanol–water partition coefficient (Wildman–Crippen LogP) is 3.75. The highest BCUT2D eigenvalue weighted by atomic mass is 35.5. The van der Waals surface area contributed by atoms with Crippen LogP contribution >= 0.6 is 11.6 Å². The Balaban J connectivity index is 2.75. The van der Waals surface area contributed by atoms with Crippen molar-refractivity contribution in [2.24, 2.45) is 5.73 Å². The molecule has 0 saturated carbocycles. The molecule has 0 aliphatic carbocycles. The lowest BCUT2D eigenvalue weighted by molar-refractivity contribution is -0.137. The highest BCUT2D eigenvalue weighted by Gasteiger charge is 2.34. The van der Waals surface area contributed by atoms with E-state index in [-0.39, 0.29) is 16.6 Å². The van der Waals surface area contributed by atoms with E-state index < -0.39 is 11.7 Å². The highest BCUT2D eigenvalue weighted by Crippen LogP contribution is 2.37. The monoisotopic (exact) mass is 291 g/mol. The molecule has 0 aliphatic heterocycles. The second-order valence-corrected chi connectivity index (χ2v) is 4.73. The number of nitrogens with two attached hydrogens (primary N) is 1. The number of aromatic nitrogens is 2. The van der Waals surface area contributed by atoms with Gasteiger partial charge in [-0.2, -0.15) is 13.2 Å². The second-order valence-electron chi connectivity index (χ2n) is 4.32. The number of alkyl halides is 3. The lowest BCUT2D eigenvalue weighted by atomic mass is 10.2. The van der Waals surface area contributed by atoms with Crippen molar-refractivity contribution >= 4 is 22.6 Å². The first-order valence-electron chi connectivity index (χ1n) is 5.78. The fourth-order valence-corrected chi connectivity index (χ4v) is 2.33. The summed E-state index contributed by atoms with van der Waals surface area (Å²) in [7, 11) is 0. The summed E-state index contributed by atoms with van der Waals surface area (Å²) in [5.74, 6) is 0.549. The number of benzene rings is 1. The summed E-state index contributed by atoms with van der Waals surface area (Å²) in [6.45, 7) is 4.17. The van der Waals surface area contributed by atoms with E-state index in [4.69, 9.17) is 17.3 Å². The minimum Gasteiger partial charge on any atom is -0.327 e. The SMILES string of the molecule is CCn1c(C(C)N)nc2cc(C(F)(F)F)c(Cl)cc21. The first-order chi connectivity index (χ1) is 8.75. The van der Waals surface area contributed by atoms with Crippen LogP contribution in [0.4, 0.5) is 13.2 Å². The van der Waals surface area contributed by atoms with Gasteiger partial charge >= 0.3 is 6.18 Å². The topological polar surface area (TPSA) is 43.8 Å². The summed E-state index contributed by atoms with van der Waals surface area (Å²) >= 11 is 5.71. The van der Waals surface area contributed by atoms with Gasteiger partial charge in [0.1, 0.15) is 5.82 Å². The van der Waals surface area contributed by atoms with Gasteiger partial charge in [0, 0.05) is 6.54 Å². The van der Waals surface area contributed by atoms with E-state index in [1.54, 1.807) is 11.5 Å². The minimum atomic E-state index is -4.49. The Morgan fingerprint density at radius 1 is 1.42 bits per heavy atom. The Kier molecular flexibility index (Phi) is 3.49. The molecule has 3 nitrogen and oxygen atoms in total. The van der Waals surface area contributed by atoms with Crippen LogP contribution in [0.25, 0.3) is 11.0 Å². The van der Waals surface area contributed by atoms with Gasteiger partial charge < -0.3 is 10.3 Å². The molecule has 0 bridgehead atoms. The molecule has 104 valence electrons. The molecule has 0 saturated heterocycles. The third-order valence-electron chi connectivity index (χ3n) is 2.90. The highest BCUT2D eigenvalue weighted by molar-refractivity contribution is 6.32. The van der Waals surface area contributed by atoms with E-state index in [1.807, 2.05) is 6.92 Å². The molecule has 1 atom stereocenters. The Labute approximate surface area is 113 Å². The molecule has 0 fully saturated rings. The first kappa shape index (κ1) is 14.1. The maximum absolute atomic E-state index is 12.8. The third kappa shape index (κ3) is 2.42. The normalized spacial score (nSPS) is 14.1. The molecule has 19 heavy (non-hydrogen) atoms. The molecule has 1 aromatic carbocycles. The molecule has 0 amide bonds. The molecule has 0 aliphatic rings. The van der Waals surface area contributed by atoms with Crippen LogP contribution in [-0.4, -0.2) is 9.55 Å². The molecule has 2 rings (SSSR count). The van der Waals surface area contributed by atoms with Crippen LogP contribution in [0.3, 0.4) is 0 Å². The maximum atomic E-state index is 12.8. The fraction of sp³-hybridized carbons (Fsp3) is 0.417. The van der Waals surface area contributed by atoms with E-state index in [1.165, 1.54) is 6.07 Å². The van der Waals surface area contributed by atoms with E-state index >= 15 is 0 Å². The Hall–Kier alpha value is -1.27. The number of hydrogen-bond acceptors (Lipinski definition) is 2. The summed E-state index contributed by atoms with van der Waals surface area (Å²) in [5, 5.41) is -0.328. The summed E-state index contributed by atoms with van der Waals surface area (Å²) < 4.78 is 40.1. The molecular weight excluding hydrogens is 279 g/mol. The van der Waals surface area contributed by atoms with Gasteiger partial charge in [-0.3, -0.25) is 0 Å². The van der Waals surface area contributed by atoms with Crippen molar-refractivity contribution in [3.63, 3.8) is 0 Å². The molecule has 2 N–H and O–H groups in total. The number of aryl methyl sites for hydroxylation is 1. The van der Waals surface area contributed by atoms with Crippen LogP contribution in [-0.2, 0) is 12.7 Å². The van der Waals surface area contributed by atoms with Gasteiger partial charge in [-0.15, -0.1) is 0 Å². The predicted molar refractivity (Wildman–Crippen MR) is 68.0 cm³/mol. The molecule has 1 heterocycles. The Morgan fingerprint density at radius 3 is 2.53 bits per heavy atom. The second kappa shape index (κ2) is 4.68. The molecule has 1 aromatic heterocycles. The summed E-state index contributed by atoms with van der Waals surface area (Å²) in [4.78, 5) is 4.18. The number of imidazole rings is 1. The standard InChI is InChI=1S/C12H13ClF3N3/c1-3-19-10-5-8(13)7(12(14,15)16)4-9(10)18-11(19)6(2)17/h4-6H,3,17H2,1-2H3. The van der Waals surface area contributed by atoms with Crippen molar-refractivity contribution < 1.29 is 13.2 Å². The van der Waals surface area contributed by atoms with E-state index in [0.717, 1.165) is 6.07 Å². The first-order valence-corrected chi connectivity index (χ1v) is 6.16. The zero-order valence-electron chi connectivity index (χ0n) is 10.4. The Bertz CT molecular complexity index is 617. The van der Waals surface area contributed by atoms with Crippen molar-refractivity contribution in [2.45, 2.75) is 32.6 Å². The van der Waals surface area contributed by atoms with Gasteiger partial charge in [-0.25, -0.2) is 4.98 Å². The van der Waals surface area contributed by atoms with E-state index in [9.17, 15) is 13.2 Å². The summed E-state index contributed by atoms with van der Waals surface area (Å²) in [6.07, 6.45) is -4.49. The molecule has 0 spiro atoms. The van der Waals surface area contributed by atoms with Crippen molar-refractivity contribution in [1.29, 1.82) is 0 Å². The molecule has 0 radical (unpaired) electrons. The van der Waals surface area contributed by atoms with Gasteiger partial charge in [0.15, 0.2) is 0 Å². The van der Waals surface area contributed by atoms with Crippen LogP contribution in [0.15, 0.2) is 12.1 Å². The summed E-state index contributed by atoms with van der Waals surface area (Å²) in [5.41, 5.74) is 5.72. The van der Waals surface area contributed by atoms with Crippen LogP contribution in [0.2, 0.25) is 5.02 Å². The zero-order valence-corrected chi connectivity index (χ0v) is 11.2. The van der Waals surface area contributed by atoms with Gasteiger partial charge in [0.2, 0.25) is 0 Å². The molecule has 7 heteroatoms. The largest absolute Gasteiger partial charge is 0.417 e. The molecule has 1 unspecified atom stereocenters. The fourth-order valence-electron chi connectivity index (χ4n) is 2.06. The lowest BCUT2D eigenvalue weighted by Gasteiger charge is -2.10. The van der Waals surface area contributed by atoms with Crippen molar-refractivity contribution in [3.8, 4) is 0 Å². The van der Waals surface area contributed by atoms with Gasteiger partial charge in [-0.05, 0) is 26.0 Å². The van der Waals surface area contributed by atoms with E-state index in [2.05, 4.69) is 4.98 Å². The third-order valence-corrected chi connectivity index (χ3v) is 3.21. The number of nitrogens with zero attached hydrogens (tertiary/aromatic N) is 2. The summed E-state index contributed by atoms with van der Waals surface area (Å²) in [6, 6.07) is 1.90. The van der Waals surface area contributed by atoms with Gasteiger partial charge in [-0.1, -0.05) is 11.6 Å². The number of fused-ring (bicyclic) bond motifs is 1. The van der Waals surface area contributed by atoms with Crippen molar-refractivity contribution in [2.75, 3.05) is 0 Å². The smallest absolute Gasteiger partial charge is 0.327 e. The average molecular weight is 292 g/mol. The zero-order chi connectivity index (χ0) is 14.4. The molecular formula is C12H13ClF3N3. The maximum Gasteiger partial charge on any atom is 0.417 e. The van der Waals surface area contributed by atoms with E-state index in [0.29, 0.717) is 17.9 Å². The van der Waals surface area contributed by atoms with Crippen molar-refractivity contribution in [3.05, 3.63) is 28.5 Å². The van der Waals surface area contributed by atoms with Crippen molar-refractivity contribution in [1.82, 2.24) is 9.55 Å². The van der Waals surface area contributed by atoms with Crippen LogP contribution in [0, 0.1) is 0 Å². The van der Waals surface area contributed by atoms with Crippen LogP contribution in [0.5, 0.6) is 0 Å². The number of hydrogen-bond donors (Lipinski definition) is 1. The average Bonchev–Trinajstić information content (AvgIpc) is 2.64. The van der Waals surface area contributed by atoms with Gasteiger partial charge in [0.25, 0.3) is 0 Å². The molecule has 2 aromatic rings. The van der Waals surface area contributed by atoms with Crippen LogP contribution < -0.4 is 5.73 Å². The number of halogens is 4. The quantitative estimate of drug-likeness (QED) is 0.916.